The number of anilines is 1. The summed E-state index contributed by atoms with van der Waals surface area (Å²) in [6, 6.07) is 17.2. The molecule has 4 aliphatic rings. The van der Waals surface area contributed by atoms with Crippen molar-refractivity contribution in [2.75, 3.05) is 68.8 Å². The highest BCUT2D eigenvalue weighted by atomic mass is 32.2. The number of piperazine rings is 1. The zero-order valence-corrected chi connectivity index (χ0v) is 23.3. The number of amides is 1. The smallest absolute Gasteiger partial charge is 0.222 e. The van der Waals surface area contributed by atoms with Crippen LogP contribution in [0.2, 0.25) is 0 Å². The van der Waals surface area contributed by atoms with Crippen LogP contribution in [0.25, 0.3) is 0 Å². The van der Waals surface area contributed by atoms with Gasteiger partial charge in [-0.25, -0.2) is 4.39 Å². The van der Waals surface area contributed by atoms with E-state index in [9.17, 15) is 9.18 Å². The lowest BCUT2D eigenvalue weighted by atomic mass is 9.85. The van der Waals surface area contributed by atoms with E-state index in [0.717, 1.165) is 95.2 Å². The maximum atomic E-state index is 14.4. The normalized spacial score (nSPS) is 25.5. The number of halogens is 1. The molecule has 0 unspecified atom stereocenters. The summed E-state index contributed by atoms with van der Waals surface area (Å²) in [5.74, 6) is 2.86. The SMILES string of the molecule is O=C(CC[C@H]1CN(C2Cc3ccccc3C2)CC[C@H]1N1CCN(c2ccccc2F)CC1)N1CCSCC1. The van der Waals surface area contributed by atoms with Gasteiger partial charge in [-0.3, -0.25) is 14.6 Å². The minimum absolute atomic E-state index is 0.126. The number of para-hydroxylation sites is 1. The van der Waals surface area contributed by atoms with Crippen molar-refractivity contribution in [3.8, 4) is 0 Å². The second kappa shape index (κ2) is 12.0. The average molecular weight is 537 g/mol. The van der Waals surface area contributed by atoms with Gasteiger partial charge >= 0.3 is 0 Å². The van der Waals surface area contributed by atoms with Crippen molar-refractivity contribution in [2.24, 2.45) is 5.92 Å². The van der Waals surface area contributed by atoms with Gasteiger partial charge in [-0.2, -0.15) is 11.8 Å². The van der Waals surface area contributed by atoms with Crippen LogP contribution in [0.15, 0.2) is 48.5 Å². The third kappa shape index (κ3) is 5.75. The molecule has 0 aromatic heterocycles. The molecule has 2 aromatic rings. The fourth-order valence-electron chi connectivity index (χ4n) is 7.22. The maximum Gasteiger partial charge on any atom is 0.222 e. The number of likely N-dealkylation sites (tertiary alicyclic amines) is 1. The highest BCUT2D eigenvalue weighted by Crippen LogP contribution is 2.33. The second-order valence-corrected chi connectivity index (χ2v) is 12.7. The van der Waals surface area contributed by atoms with Crippen LogP contribution in [-0.2, 0) is 17.6 Å². The molecule has 1 aliphatic carbocycles. The lowest BCUT2D eigenvalue weighted by Crippen LogP contribution is -2.58. The fourth-order valence-corrected chi connectivity index (χ4v) is 8.12. The van der Waals surface area contributed by atoms with Crippen LogP contribution >= 0.6 is 11.8 Å². The number of hydrogen-bond acceptors (Lipinski definition) is 5. The van der Waals surface area contributed by atoms with Crippen LogP contribution in [0.5, 0.6) is 0 Å². The molecule has 5 nitrogen and oxygen atoms in total. The molecule has 3 fully saturated rings. The van der Waals surface area contributed by atoms with E-state index in [-0.39, 0.29) is 5.82 Å². The van der Waals surface area contributed by atoms with Crippen LogP contribution in [0, 0.1) is 11.7 Å². The number of nitrogens with zero attached hydrogens (tertiary/aromatic N) is 4. The van der Waals surface area contributed by atoms with E-state index in [1.54, 1.807) is 12.1 Å². The molecule has 204 valence electrons. The molecule has 0 radical (unpaired) electrons. The van der Waals surface area contributed by atoms with E-state index >= 15 is 0 Å². The molecule has 0 N–H and O–H groups in total. The first-order valence-corrected chi connectivity index (χ1v) is 15.7. The van der Waals surface area contributed by atoms with E-state index < -0.39 is 0 Å². The van der Waals surface area contributed by atoms with Crippen LogP contribution in [0.1, 0.15) is 30.4 Å². The first kappa shape index (κ1) is 26.1. The molecule has 38 heavy (non-hydrogen) atoms. The van der Waals surface area contributed by atoms with Crippen LogP contribution < -0.4 is 4.90 Å². The zero-order valence-electron chi connectivity index (χ0n) is 22.4. The first-order valence-electron chi connectivity index (χ1n) is 14.6. The number of carbonyl (C=O) groups excluding carboxylic acids is 1. The quantitative estimate of drug-likeness (QED) is 0.553. The summed E-state index contributed by atoms with van der Waals surface area (Å²) in [4.78, 5) is 22.8. The highest BCUT2D eigenvalue weighted by Gasteiger charge is 2.38. The number of carbonyl (C=O) groups is 1. The van der Waals surface area contributed by atoms with Gasteiger partial charge in [0.25, 0.3) is 0 Å². The van der Waals surface area contributed by atoms with Crippen molar-refractivity contribution < 1.29 is 9.18 Å². The van der Waals surface area contributed by atoms with Gasteiger partial charge in [0.2, 0.25) is 5.91 Å². The highest BCUT2D eigenvalue weighted by molar-refractivity contribution is 7.99. The van der Waals surface area contributed by atoms with Crippen molar-refractivity contribution >= 4 is 23.4 Å². The monoisotopic (exact) mass is 536 g/mol. The van der Waals surface area contributed by atoms with Gasteiger partial charge in [0.15, 0.2) is 0 Å². The minimum atomic E-state index is -0.126. The van der Waals surface area contributed by atoms with Crippen LogP contribution in [-0.4, -0.2) is 96.6 Å². The molecule has 0 spiro atoms. The average Bonchev–Trinajstić information content (AvgIpc) is 3.41. The Bertz CT molecular complexity index is 1080. The van der Waals surface area contributed by atoms with Crippen molar-refractivity contribution in [1.82, 2.24) is 14.7 Å². The summed E-state index contributed by atoms with van der Waals surface area (Å²) in [6.45, 7) is 7.66. The molecule has 2 aromatic carbocycles. The molecule has 3 saturated heterocycles. The van der Waals surface area contributed by atoms with Gasteiger partial charge in [0.1, 0.15) is 5.82 Å². The van der Waals surface area contributed by atoms with Gasteiger partial charge < -0.3 is 9.80 Å². The lowest BCUT2D eigenvalue weighted by molar-refractivity contribution is -0.131. The summed E-state index contributed by atoms with van der Waals surface area (Å²) in [6.07, 6.45) is 5.10. The van der Waals surface area contributed by atoms with Crippen LogP contribution in [0.4, 0.5) is 10.1 Å². The van der Waals surface area contributed by atoms with Crippen molar-refractivity contribution in [3.63, 3.8) is 0 Å². The Morgan fingerprint density at radius 2 is 1.53 bits per heavy atom. The third-order valence-corrected chi connectivity index (χ3v) is 10.3. The number of piperidine rings is 1. The Hall–Kier alpha value is -2.09. The zero-order chi connectivity index (χ0) is 25.9. The summed E-state index contributed by atoms with van der Waals surface area (Å²) >= 11 is 1.96. The van der Waals surface area contributed by atoms with Gasteiger partial charge in [-0.05, 0) is 61.4 Å². The Balaban J connectivity index is 1.11. The van der Waals surface area contributed by atoms with Crippen molar-refractivity contribution in [1.29, 1.82) is 0 Å². The first-order chi connectivity index (χ1) is 18.7. The minimum Gasteiger partial charge on any atom is -0.367 e. The number of hydrogen-bond donors (Lipinski definition) is 0. The Kier molecular flexibility index (Phi) is 8.24. The maximum absolute atomic E-state index is 14.4. The number of rotatable bonds is 6. The predicted molar refractivity (Wildman–Crippen MR) is 154 cm³/mol. The van der Waals surface area contributed by atoms with E-state index in [1.807, 2.05) is 23.9 Å². The second-order valence-electron chi connectivity index (χ2n) is 11.4. The van der Waals surface area contributed by atoms with Crippen LogP contribution in [0.3, 0.4) is 0 Å². The topological polar surface area (TPSA) is 30.0 Å². The Morgan fingerprint density at radius 1 is 0.842 bits per heavy atom. The molecular weight excluding hydrogens is 495 g/mol. The summed E-state index contributed by atoms with van der Waals surface area (Å²) in [7, 11) is 0. The van der Waals surface area contributed by atoms with E-state index in [0.29, 0.717) is 30.3 Å². The number of fused-ring (bicyclic) bond motifs is 1. The summed E-state index contributed by atoms with van der Waals surface area (Å²) in [5, 5.41) is 0. The Morgan fingerprint density at radius 3 is 2.24 bits per heavy atom. The van der Waals surface area contributed by atoms with Gasteiger partial charge in [0, 0.05) is 75.8 Å². The molecule has 0 bridgehead atoms. The molecular formula is C31H41FN4OS. The summed E-state index contributed by atoms with van der Waals surface area (Å²) in [5.41, 5.74) is 3.75. The fraction of sp³-hybridized carbons (Fsp3) is 0.581. The van der Waals surface area contributed by atoms with Gasteiger partial charge in [0.05, 0.1) is 5.69 Å². The predicted octanol–water partition coefficient (Wildman–Crippen LogP) is 4.16. The van der Waals surface area contributed by atoms with Crippen molar-refractivity contribution in [2.45, 2.75) is 44.2 Å². The van der Waals surface area contributed by atoms with E-state index in [1.165, 1.54) is 11.1 Å². The molecule has 0 saturated carbocycles. The molecule has 6 rings (SSSR count). The molecule has 7 heteroatoms. The van der Waals surface area contributed by atoms with E-state index in [4.69, 9.17) is 0 Å². The lowest BCUT2D eigenvalue weighted by Gasteiger charge is -2.48. The number of benzene rings is 2. The molecule has 3 aliphatic heterocycles. The largest absolute Gasteiger partial charge is 0.367 e. The molecule has 3 heterocycles. The molecule has 2 atom stereocenters. The van der Waals surface area contributed by atoms with Crippen molar-refractivity contribution in [3.05, 3.63) is 65.5 Å². The number of thioether (sulfide) groups is 1. The van der Waals surface area contributed by atoms with Gasteiger partial charge in [-0.15, -0.1) is 0 Å². The summed E-state index contributed by atoms with van der Waals surface area (Å²) < 4.78 is 14.4. The standard InChI is InChI=1S/C31H41FN4OS/c32-28-7-3-4-8-30(28)34-15-13-33(14-16-34)29-11-12-36(27-21-24-5-1-2-6-25(24)22-27)23-26(29)9-10-31(37)35-17-19-38-20-18-35/h1-8,26-27,29H,9-23H2/t26-,29+/m0/s1. The Labute approximate surface area is 231 Å². The van der Waals surface area contributed by atoms with E-state index in [2.05, 4.69) is 43.9 Å². The van der Waals surface area contributed by atoms with Gasteiger partial charge in [-0.1, -0.05) is 36.4 Å². The molecule has 1 amide bonds. The third-order valence-electron chi connectivity index (χ3n) is 9.34.